The van der Waals surface area contributed by atoms with Gasteiger partial charge in [-0.25, -0.2) is 0 Å². The minimum Gasteiger partial charge on any atom is -0.495 e. The van der Waals surface area contributed by atoms with E-state index in [1.165, 1.54) is 4.90 Å². The number of hydrogen-bond acceptors (Lipinski definition) is 4. The summed E-state index contributed by atoms with van der Waals surface area (Å²) in [6.45, 7) is 5.44. The first-order valence-corrected chi connectivity index (χ1v) is 9.75. The third kappa shape index (κ3) is 5.84. The van der Waals surface area contributed by atoms with Crippen LogP contribution in [0.25, 0.3) is 0 Å². The van der Waals surface area contributed by atoms with Gasteiger partial charge in [0.05, 0.1) is 52.2 Å². The number of aliphatic hydroxyl groups is 1. The molecule has 146 valence electrons. The van der Waals surface area contributed by atoms with Crippen LogP contribution in [0.2, 0.25) is 5.02 Å². The Balaban J connectivity index is 1.39. The van der Waals surface area contributed by atoms with Crippen LogP contribution in [-0.4, -0.2) is 57.7 Å². The van der Waals surface area contributed by atoms with Gasteiger partial charge in [-0.05, 0) is 29.8 Å². The number of halogens is 1. The molecule has 0 aromatic heterocycles. The van der Waals surface area contributed by atoms with Crippen molar-refractivity contribution in [2.45, 2.75) is 12.7 Å². The van der Waals surface area contributed by atoms with Gasteiger partial charge in [0.25, 0.3) is 0 Å². The molecule has 5 nitrogen and oxygen atoms in total. The van der Waals surface area contributed by atoms with Gasteiger partial charge in [0.2, 0.25) is 0 Å². The number of quaternary nitrogens is 1. The van der Waals surface area contributed by atoms with E-state index < -0.39 is 6.10 Å². The highest BCUT2D eigenvalue weighted by Gasteiger charge is 2.24. The molecule has 2 N–H and O–H groups in total. The molecule has 1 aliphatic heterocycles. The van der Waals surface area contributed by atoms with Crippen molar-refractivity contribution >= 4 is 17.3 Å². The Bertz CT molecular complexity index is 703. The predicted octanol–water partition coefficient (Wildman–Crippen LogP) is 1.63. The summed E-state index contributed by atoms with van der Waals surface area (Å²) >= 11 is 5.88. The van der Waals surface area contributed by atoms with E-state index in [1.54, 1.807) is 7.11 Å². The second-order valence-corrected chi connectivity index (χ2v) is 7.34. The average Bonchev–Trinajstić information content (AvgIpc) is 2.70. The molecule has 0 bridgehead atoms. The molecule has 1 aliphatic rings. The van der Waals surface area contributed by atoms with Crippen LogP contribution in [0.3, 0.4) is 0 Å². The van der Waals surface area contributed by atoms with Crippen LogP contribution in [0.15, 0.2) is 48.5 Å². The molecule has 3 rings (SSSR count). The first kappa shape index (κ1) is 20.0. The maximum Gasteiger partial charge on any atom is 0.142 e. The summed E-state index contributed by atoms with van der Waals surface area (Å²) in [5, 5.41) is 11.0. The zero-order chi connectivity index (χ0) is 19.1. The molecular formula is C21H28ClN2O3+. The van der Waals surface area contributed by atoms with Crippen LogP contribution in [0.1, 0.15) is 5.56 Å². The average molecular weight is 392 g/mol. The minimum absolute atomic E-state index is 0.350. The number of anilines is 1. The largest absolute Gasteiger partial charge is 0.495 e. The number of nitrogens with one attached hydrogen (secondary N) is 1. The van der Waals surface area contributed by atoms with Gasteiger partial charge in [0.1, 0.15) is 18.4 Å². The Labute approximate surface area is 166 Å². The van der Waals surface area contributed by atoms with E-state index >= 15 is 0 Å². The van der Waals surface area contributed by atoms with E-state index in [9.17, 15) is 5.11 Å². The van der Waals surface area contributed by atoms with Crippen LogP contribution < -0.4 is 14.5 Å². The molecule has 0 radical (unpaired) electrons. The van der Waals surface area contributed by atoms with Gasteiger partial charge < -0.3 is 24.4 Å². The normalized spacial score (nSPS) is 16.3. The third-order valence-electron chi connectivity index (χ3n) is 4.91. The molecule has 0 amide bonds. The lowest BCUT2D eigenvalue weighted by molar-refractivity contribution is -0.903. The van der Waals surface area contributed by atoms with Gasteiger partial charge in [-0.2, -0.15) is 0 Å². The molecule has 1 saturated heterocycles. The Morgan fingerprint density at radius 2 is 1.81 bits per heavy atom. The third-order valence-corrected chi connectivity index (χ3v) is 5.16. The lowest BCUT2D eigenvalue weighted by Crippen LogP contribution is -3.16. The van der Waals surface area contributed by atoms with Gasteiger partial charge in [-0.15, -0.1) is 0 Å². The second-order valence-electron chi connectivity index (χ2n) is 6.91. The summed E-state index contributed by atoms with van der Waals surface area (Å²) < 4.78 is 11.1. The molecule has 1 heterocycles. The number of ether oxygens (including phenoxy) is 2. The number of hydrogen-bond donors (Lipinski definition) is 2. The molecule has 0 unspecified atom stereocenters. The molecule has 1 atom stereocenters. The highest BCUT2D eigenvalue weighted by Crippen LogP contribution is 2.27. The van der Waals surface area contributed by atoms with Gasteiger partial charge >= 0.3 is 0 Å². The van der Waals surface area contributed by atoms with Gasteiger partial charge in [-0.3, -0.25) is 0 Å². The lowest BCUT2D eigenvalue weighted by Gasteiger charge is -2.35. The monoisotopic (exact) mass is 391 g/mol. The van der Waals surface area contributed by atoms with E-state index in [0.717, 1.165) is 48.2 Å². The van der Waals surface area contributed by atoms with Crippen LogP contribution in [-0.2, 0) is 11.3 Å². The van der Waals surface area contributed by atoms with Gasteiger partial charge in [-0.1, -0.05) is 35.9 Å². The Hall–Kier alpha value is -1.79. The van der Waals surface area contributed by atoms with Crippen molar-refractivity contribution < 1.29 is 19.5 Å². The zero-order valence-corrected chi connectivity index (χ0v) is 16.5. The number of aliphatic hydroxyl groups excluding tert-OH is 1. The first-order chi connectivity index (χ1) is 13.2. The van der Waals surface area contributed by atoms with Gasteiger partial charge in [0, 0.05) is 5.02 Å². The molecule has 6 heteroatoms. The van der Waals surface area contributed by atoms with Crippen LogP contribution in [0, 0.1) is 0 Å². The summed E-state index contributed by atoms with van der Waals surface area (Å²) in [5.74, 6) is 0.914. The smallest absolute Gasteiger partial charge is 0.142 e. The Morgan fingerprint density at radius 1 is 1.11 bits per heavy atom. The summed E-state index contributed by atoms with van der Waals surface area (Å²) in [6.07, 6.45) is -0.454. The van der Waals surface area contributed by atoms with Crippen LogP contribution in [0.5, 0.6) is 5.75 Å². The van der Waals surface area contributed by atoms with Crippen molar-refractivity contribution in [2.24, 2.45) is 0 Å². The topological polar surface area (TPSA) is 46.4 Å². The van der Waals surface area contributed by atoms with E-state index in [0.29, 0.717) is 19.8 Å². The fourth-order valence-electron chi connectivity index (χ4n) is 3.44. The first-order valence-electron chi connectivity index (χ1n) is 9.37. The summed E-state index contributed by atoms with van der Waals surface area (Å²) in [7, 11) is 1.71. The fraction of sp³-hybridized carbons (Fsp3) is 0.429. The molecular weight excluding hydrogens is 364 g/mol. The molecule has 0 saturated carbocycles. The van der Waals surface area contributed by atoms with Crippen molar-refractivity contribution in [1.82, 2.24) is 0 Å². The Kier molecular flexibility index (Phi) is 7.35. The van der Waals surface area contributed by atoms with Crippen molar-refractivity contribution in [3.8, 4) is 5.75 Å². The number of nitrogens with zero attached hydrogens (tertiary/aromatic N) is 1. The fourth-order valence-corrected chi connectivity index (χ4v) is 3.57. The standard InChI is InChI=1S/C21H27ClN2O3/c1-26-21-5-3-2-4-20(21)24-12-10-23(11-13-24)14-19(25)16-27-15-17-6-8-18(22)9-7-17/h2-9,19,25H,10-16H2,1H3/p+1/t19-/m0/s1. The summed E-state index contributed by atoms with van der Waals surface area (Å²) in [6, 6.07) is 15.7. The van der Waals surface area contributed by atoms with Crippen molar-refractivity contribution in [1.29, 1.82) is 0 Å². The number of benzene rings is 2. The molecule has 0 aliphatic carbocycles. The number of rotatable bonds is 8. The number of piperazine rings is 1. The maximum atomic E-state index is 10.3. The molecule has 1 fully saturated rings. The van der Waals surface area contributed by atoms with Crippen LogP contribution >= 0.6 is 11.6 Å². The number of methoxy groups -OCH3 is 1. The van der Waals surface area contributed by atoms with Crippen molar-refractivity contribution in [3.63, 3.8) is 0 Å². The summed E-state index contributed by atoms with van der Waals surface area (Å²) in [4.78, 5) is 3.76. The molecule has 0 spiro atoms. The molecule has 2 aromatic carbocycles. The van der Waals surface area contributed by atoms with E-state index in [1.807, 2.05) is 42.5 Å². The summed E-state index contributed by atoms with van der Waals surface area (Å²) in [5.41, 5.74) is 2.20. The van der Waals surface area contributed by atoms with E-state index in [4.69, 9.17) is 21.1 Å². The SMILES string of the molecule is COc1ccccc1N1CC[NH+](C[C@H](O)COCc2ccc(Cl)cc2)CC1. The quantitative estimate of drug-likeness (QED) is 0.718. The van der Waals surface area contributed by atoms with Crippen molar-refractivity contribution in [2.75, 3.05) is 51.3 Å². The minimum atomic E-state index is -0.454. The Morgan fingerprint density at radius 3 is 2.52 bits per heavy atom. The maximum absolute atomic E-state index is 10.3. The van der Waals surface area contributed by atoms with E-state index in [-0.39, 0.29) is 0 Å². The highest BCUT2D eigenvalue weighted by molar-refractivity contribution is 6.30. The van der Waals surface area contributed by atoms with Crippen molar-refractivity contribution in [3.05, 3.63) is 59.1 Å². The zero-order valence-electron chi connectivity index (χ0n) is 15.7. The van der Waals surface area contributed by atoms with Crippen LogP contribution in [0.4, 0.5) is 5.69 Å². The van der Waals surface area contributed by atoms with Gasteiger partial charge in [0.15, 0.2) is 0 Å². The second kappa shape index (κ2) is 9.95. The number of para-hydroxylation sites is 2. The highest BCUT2D eigenvalue weighted by atomic mass is 35.5. The lowest BCUT2D eigenvalue weighted by atomic mass is 10.2. The molecule has 27 heavy (non-hydrogen) atoms. The molecule has 2 aromatic rings. The predicted molar refractivity (Wildman–Crippen MR) is 108 cm³/mol. The van der Waals surface area contributed by atoms with E-state index in [2.05, 4.69) is 11.0 Å².